The summed E-state index contributed by atoms with van der Waals surface area (Å²) in [5, 5.41) is 3.47. The van der Waals surface area contributed by atoms with E-state index in [4.69, 9.17) is 9.47 Å². The topological polar surface area (TPSA) is 43.4 Å². The summed E-state index contributed by atoms with van der Waals surface area (Å²) in [6.45, 7) is 3.48. The van der Waals surface area contributed by atoms with Crippen LogP contribution in [0.25, 0.3) is 0 Å². The maximum atomic E-state index is 5.75. The SMILES string of the molecule is CCOc1cccc(Oc2ccc(CNC3CC3)cn2)c1. The highest BCUT2D eigenvalue weighted by molar-refractivity contribution is 5.35. The fourth-order valence-corrected chi connectivity index (χ4v) is 2.04. The van der Waals surface area contributed by atoms with Crippen LogP contribution in [0.5, 0.6) is 17.4 Å². The third kappa shape index (κ3) is 4.20. The molecule has 4 heteroatoms. The highest BCUT2D eigenvalue weighted by Gasteiger charge is 2.19. The Morgan fingerprint density at radius 1 is 1.19 bits per heavy atom. The number of hydrogen-bond donors (Lipinski definition) is 1. The molecule has 1 N–H and O–H groups in total. The fraction of sp³-hybridized carbons (Fsp3) is 0.353. The number of aromatic nitrogens is 1. The number of benzene rings is 1. The van der Waals surface area contributed by atoms with Gasteiger partial charge >= 0.3 is 0 Å². The van der Waals surface area contributed by atoms with E-state index >= 15 is 0 Å². The number of nitrogens with one attached hydrogen (secondary N) is 1. The average Bonchev–Trinajstić information content (AvgIpc) is 3.32. The second-order valence-electron chi connectivity index (χ2n) is 5.17. The van der Waals surface area contributed by atoms with Crippen LogP contribution in [0.2, 0.25) is 0 Å². The number of ether oxygens (including phenoxy) is 2. The summed E-state index contributed by atoms with van der Waals surface area (Å²) in [5.41, 5.74) is 1.18. The zero-order valence-electron chi connectivity index (χ0n) is 12.2. The normalized spacial score (nSPS) is 14.0. The van der Waals surface area contributed by atoms with E-state index in [0.717, 1.165) is 18.0 Å². The van der Waals surface area contributed by atoms with Gasteiger partial charge in [-0.25, -0.2) is 4.98 Å². The van der Waals surface area contributed by atoms with Crippen molar-refractivity contribution in [3.8, 4) is 17.4 Å². The van der Waals surface area contributed by atoms with Gasteiger partial charge in [0.1, 0.15) is 11.5 Å². The van der Waals surface area contributed by atoms with Gasteiger partial charge in [0.2, 0.25) is 5.88 Å². The zero-order valence-corrected chi connectivity index (χ0v) is 12.2. The molecule has 2 aromatic rings. The Morgan fingerprint density at radius 3 is 2.76 bits per heavy atom. The van der Waals surface area contributed by atoms with Gasteiger partial charge in [-0.15, -0.1) is 0 Å². The average molecular weight is 284 g/mol. The van der Waals surface area contributed by atoms with Crippen molar-refractivity contribution in [3.05, 3.63) is 48.2 Å². The first-order chi connectivity index (χ1) is 10.3. The van der Waals surface area contributed by atoms with Crippen molar-refractivity contribution in [2.75, 3.05) is 6.61 Å². The lowest BCUT2D eigenvalue weighted by Gasteiger charge is -2.08. The standard InChI is InChI=1S/C17H20N2O2/c1-2-20-15-4-3-5-16(10-15)21-17-9-6-13(12-19-17)11-18-14-7-8-14/h3-6,9-10,12,14,18H,2,7-8,11H2,1H3. The van der Waals surface area contributed by atoms with Crippen LogP contribution in [0.1, 0.15) is 25.3 Å². The van der Waals surface area contributed by atoms with Crippen molar-refractivity contribution in [3.63, 3.8) is 0 Å². The lowest BCUT2D eigenvalue weighted by atomic mass is 10.3. The van der Waals surface area contributed by atoms with Gasteiger partial charge in [-0.1, -0.05) is 12.1 Å². The van der Waals surface area contributed by atoms with Crippen LogP contribution in [-0.2, 0) is 6.54 Å². The molecule has 1 fully saturated rings. The molecule has 0 amide bonds. The molecule has 21 heavy (non-hydrogen) atoms. The van der Waals surface area contributed by atoms with E-state index in [-0.39, 0.29) is 0 Å². The first-order valence-electron chi connectivity index (χ1n) is 7.42. The van der Waals surface area contributed by atoms with Gasteiger partial charge in [0, 0.05) is 30.9 Å². The Labute approximate surface area is 125 Å². The Bertz CT molecular complexity index is 580. The molecule has 1 aliphatic carbocycles. The molecule has 0 aliphatic heterocycles. The number of nitrogens with zero attached hydrogens (tertiary/aromatic N) is 1. The molecule has 0 spiro atoms. The molecule has 1 aromatic carbocycles. The molecule has 1 saturated carbocycles. The molecule has 4 nitrogen and oxygen atoms in total. The van der Waals surface area contributed by atoms with Gasteiger partial charge in [-0.05, 0) is 37.5 Å². The number of rotatable bonds is 7. The molecule has 1 heterocycles. The van der Waals surface area contributed by atoms with E-state index < -0.39 is 0 Å². The summed E-state index contributed by atoms with van der Waals surface area (Å²) in [6, 6.07) is 12.2. The van der Waals surface area contributed by atoms with Crippen molar-refractivity contribution in [1.82, 2.24) is 10.3 Å². The fourth-order valence-electron chi connectivity index (χ4n) is 2.04. The van der Waals surface area contributed by atoms with Gasteiger partial charge in [0.25, 0.3) is 0 Å². The lowest BCUT2D eigenvalue weighted by Crippen LogP contribution is -2.15. The molecule has 1 aliphatic rings. The highest BCUT2D eigenvalue weighted by atomic mass is 16.5. The van der Waals surface area contributed by atoms with Gasteiger partial charge < -0.3 is 14.8 Å². The van der Waals surface area contributed by atoms with Gasteiger partial charge in [-0.3, -0.25) is 0 Å². The molecular formula is C17H20N2O2. The Hall–Kier alpha value is -2.07. The largest absolute Gasteiger partial charge is 0.494 e. The number of pyridine rings is 1. The van der Waals surface area contributed by atoms with Crippen molar-refractivity contribution >= 4 is 0 Å². The second kappa shape index (κ2) is 6.59. The lowest BCUT2D eigenvalue weighted by molar-refractivity contribution is 0.338. The van der Waals surface area contributed by atoms with Crippen LogP contribution in [0.4, 0.5) is 0 Å². The summed E-state index contributed by atoms with van der Waals surface area (Å²) >= 11 is 0. The first-order valence-corrected chi connectivity index (χ1v) is 7.42. The summed E-state index contributed by atoms with van der Waals surface area (Å²) in [4.78, 5) is 4.34. The first kappa shape index (κ1) is 13.9. The molecule has 3 rings (SSSR count). The molecular weight excluding hydrogens is 264 g/mol. The smallest absolute Gasteiger partial charge is 0.219 e. The molecule has 0 saturated heterocycles. The predicted molar refractivity (Wildman–Crippen MR) is 81.8 cm³/mol. The molecule has 0 radical (unpaired) electrons. The van der Waals surface area contributed by atoms with Crippen LogP contribution in [0.3, 0.4) is 0 Å². The van der Waals surface area contributed by atoms with E-state index in [1.165, 1.54) is 18.4 Å². The van der Waals surface area contributed by atoms with E-state index in [0.29, 0.717) is 18.5 Å². The van der Waals surface area contributed by atoms with Crippen LogP contribution in [-0.4, -0.2) is 17.6 Å². The monoisotopic (exact) mass is 284 g/mol. The van der Waals surface area contributed by atoms with Gasteiger partial charge in [0.05, 0.1) is 6.61 Å². The summed E-state index contributed by atoms with van der Waals surface area (Å²) in [6.07, 6.45) is 4.45. The van der Waals surface area contributed by atoms with Crippen LogP contribution < -0.4 is 14.8 Å². The summed E-state index contributed by atoms with van der Waals surface area (Å²) in [5.74, 6) is 2.14. The van der Waals surface area contributed by atoms with E-state index in [9.17, 15) is 0 Å². The maximum Gasteiger partial charge on any atom is 0.219 e. The van der Waals surface area contributed by atoms with Crippen molar-refractivity contribution < 1.29 is 9.47 Å². The predicted octanol–water partition coefficient (Wildman–Crippen LogP) is 3.52. The van der Waals surface area contributed by atoms with Crippen molar-refractivity contribution in [1.29, 1.82) is 0 Å². The van der Waals surface area contributed by atoms with Gasteiger partial charge in [0.15, 0.2) is 0 Å². The van der Waals surface area contributed by atoms with Gasteiger partial charge in [-0.2, -0.15) is 0 Å². The third-order valence-corrected chi connectivity index (χ3v) is 3.31. The maximum absolute atomic E-state index is 5.75. The van der Waals surface area contributed by atoms with E-state index in [2.05, 4.69) is 10.3 Å². The minimum absolute atomic E-state index is 0.596. The Morgan fingerprint density at radius 2 is 2.05 bits per heavy atom. The molecule has 0 atom stereocenters. The third-order valence-electron chi connectivity index (χ3n) is 3.31. The number of hydrogen-bond acceptors (Lipinski definition) is 4. The molecule has 1 aromatic heterocycles. The summed E-state index contributed by atoms with van der Waals surface area (Å²) in [7, 11) is 0. The minimum atomic E-state index is 0.596. The van der Waals surface area contributed by atoms with E-state index in [1.54, 1.807) is 0 Å². The van der Waals surface area contributed by atoms with Crippen LogP contribution in [0, 0.1) is 0 Å². The molecule has 0 unspecified atom stereocenters. The van der Waals surface area contributed by atoms with Crippen LogP contribution >= 0.6 is 0 Å². The molecule has 0 bridgehead atoms. The van der Waals surface area contributed by atoms with Crippen LogP contribution in [0.15, 0.2) is 42.6 Å². The van der Waals surface area contributed by atoms with Crippen molar-refractivity contribution in [2.24, 2.45) is 0 Å². The Balaban J connectivity index is 1.59. The Kier molecular flexibility index (Phi) is 4.36. The summed E-state index contributed by atoms with van der Waals surface area (Å²) < 4.78 is 11.2. The molecule has 110 valence electrons. The zero-order chi connectivity index (χ0) is 14.5. The van der Waals surface area contributed by atoms with E-state index in [1.807, 2.05) is 49.5 Å². The quantitative estimate of drug-likeness (QED) is 0.844. The minimum Gasteiger partial charge on any atom is -0.494 e. The highest BCUT2D eigenvalue weighted by Crippen LogP contribution is 2.24. The van der Waals surface area contributed by atoms with Crippen molar-refractivity contribution in [2.45, 2.75) is 32.4 Å². The second-order valence-corrected chi connectivity index (χ2v) is 5.17.